The summed E-state index contributed by atoms with van der Waals surface area (Å²) >= 11 is 0. The van der Waals surface area contributed by atoms with Gasteiger partial charge >= 0.3 is 0 Å². The fraction of sp³-hybridized carbons (Fsp3) is 0.316. The van der Waals surface area contributed by atoms with Crippen LogP contribution in [-0.4, -0.2) is 16.9 Å². The van der Waals surface area contributed by atoms with Gasteiger partial charge in [-0.15, -0.1) is 0 Å². The van der Waals surface area contributed by atoms with E-state index in [0.29, 0.717) is 5.92 Å². The highest BCUT2D eigenvalue weighted by Gasteiger charge is 2.26. The molecule has 0 unspecified atom stereocenters. The minimum Gasteiger partial charge on any atom is -0.349 e. The Morgan fingerprint density at radius 3 is 2.25 bits per heavy atom. The SMILES string of the molecule is O=C(NC1CCC(c2ccccc2)CC1)c1ccccc1[N+](=O)[O-]. The van der Waals surface area contributed by atoms with E-state index in [0.717, 1.165) is 25.7 Å². The van der Waals surface area contributed by atoms with Gasteiger partial charge in [-0.2, -0.15) is 0 Å². The molecule has 1 amide bonds. The molecule has 0 atom stereocenters. The molecule has 2 aromatic carbocycles. The highest BCUT2D eigenvalue weighted by atomic mass is 16.6. The van der Waals surface area contributed by atoms with Crippen LogP contribution in [0.4, 0.5) is 5.69 Å². The van der Waals surface area contributed by atoms with E-state index in [1.165, 1.54) is 17.7 Å². The summed E-state index contributed by atoms with van der Waals surface area (Å²) in [6.07, 6.45) is 3.83. The van der Waals surface area contributed by atoms with Gasteiger partial charge in [0.15, 0.2) is 0 Å². The summed E-state index contributed by atoms with van der Waals surface area (Å²) in [5.74, 6) is 0.177. The van der Waals surface area contributed by atoms with E-state index in [2.05, 4.69) is 29.6 Å². The van der Waals surface area contributed by atoms with Crippen molar-refractivity contribution < 1.29 is 9.72 Å². The van der Waals surface area contributed by atoms with Gasteiger partial charge in [-0.1, -0.05) is 42.5 Å². The molecular weight excluding hydrogens is 304 g/mol. The van der Waals surface area contributed by atoms with Crippen molar-refractivity contribution in [2.24, 2.45) is 0 Å². The minimum absolute atomic E-state index is 0.0808. The van der Waals surface area contributed by atoms with Crippen LogP contribution in [0, 0.1) is 10.1 Å². The first kappa shape index (κ1) is 16.2. The number of benzene rings is 2. The van der Waals surface area contributed by atoms with Gasteiger partial charge in [0, 0.05) is 12.1 Å². The van der Waals surface area contributed by atoms with Gasteiger partial charge in [-0.05, 0) is 43.2 Å². The monoisotopic (exact) mass is 324 g/mol. The van der Waals surface area contributed by atoms with Crippen LogP contribution in [-0.2, 0) is 0 Å². The first-order chi connectivity index (χ1) is 11.6. The van der Waals surface area contributed by atoms with Crippen LogP contribution < -0.4 is 5.32 Å². The molecule has 3 rings (SSSR count). The van der Waals surface area contributed by atoms with Crippen molar-refractivity contribution in [3.05, 3.63) is 75.8 Å². The molecule has 1 fully saturated rings. The third-order valence-electron chi connectivity index (χ3n) is 4.68. The summed E-state index contributed by atoms with van der Waals surface area (Å²) in [5.41, 5.74) is 1.33. The van der Waals surface area contributed by atoms with E-state index < -0.39 is 4.92 Å². The molecule has 124 valence electrons. The second kappa shape index (κ2) is 7.25. The number of hydrogen-bond acceptors (Lipinski definition) is 3. The number of carbonyl (C=O) groups excluding carboxylic acids is 1. The lowest BCUT2D eigenvalue weighted by molar-refractivity contribution is -0.385. The molecule has 0 radical (unpaired) electrons. The average Bonchev–Trinajstić information content (AvgIpc) is 2.63. The standard InChI is InChI=1S/C19H20N2O3/c22-19(17-8-4-5-9-18(17)21(23)24)20-16-12-10-15(11-13-16)14-6-2-1-3-7-14/h1-9,15-16H,10-13H2,(H,20,22). The molecule has 5 heteroatoms. The number of amides is 1. The molecule has 24 heavy (non-hydrogen) atoms. The lowest BCUT2D eigenvalue weighted by Gasteiger charge is -2.29. The summed E-state index contributed by atoms with van der Waals surface area (Å²) in [4.78, 5) is 22.9. The summed E-state index contributed by atoms with van der Waals surface area (Å²) < 4.78 is 0. The Balaban J connectivity index is 1.60. The molecule has 0 bridgehead atoms. The predicted molar refractivity (Wildman–Crippen MR) is 92.0 cm³/mol. The van der Waals surface area contributed by atoms with Crippen LogP contribution in [0.1, 0.15) is 47.5 Å². The molecule has 2 aromatic rings. The molecule has 0 aliphatic heterocycles. The number of para-hydroxylation sites is 1. The molecule has 0 spiro atoms. The van der Waals surface area contributed by atoms with Crippen molar-refractivity contribution in [1.29, 1.82) is 0 Å². The lowest BCUT2D eigenvalue weighted by Crippen LogP contribution is -2.37. The zero-order chi connectivity index (χ0) is 16.9. The summed E-state index contributed by atoms with van der Waals surface area (Å²) in [5, 5.41) is 14.0. The van der Waals surface area contributed by atoms with E-state index in [9.17, 15) is 14.9 Å². The number of nitrogens with one attached hydrogen (secondary N) is 1. The molecule has 0 aromatic heterocycles. The van der Waals surface area contributed by atoms with Crippen molar-refractivity contribution in [1.82, 2.24) is 5.32 Å². The van der Waals surface area contributed by atoms with Gasteiger partial charge in [0.25, 0.3) is 11.6 Å². The highest BCUT2D eigenvalue weighted by molar-refractivity contribution is 5.98. The van der Waals surface area contributed by atoms with Crippen molar-refractivity contribution >= 4 is 11.6 Å². The largest absolute Gasteiger partial charge is 0.349 e. The molecule has 0 saturated heterocycles. The second-order valence-corrected chi connectivity index (χ2v) is 6.21. The van der Waals surface area contributed by atoms with E-state index >= 15 is 0 Å². The molecule has 5 nitrogen and oxygen atoms in total. The Labute approximate surface area is 140 Å². The zero-order valence-electron chi connectivity index (χ0n) is 13.4. The normalized spacial score (nSPS) is 20.3. The van der Waals surface area contributed by atoms with Crippen LogP contribution in [0.3, 0.4) is 0 Å². The van der Waals surface area contributed by atoms with E-state index in [4.69, 9.17) is 0 Å². The van der Waals surface area contributed by atoms with Crippen LogP contribution in [0.25, 0.3) is 0 Å². The van der Waals surface area contributed by atoms with Gasteiger partial charge in [-0.3, -0.25) is 14.9 Å². The number of carbonyl (C=O) groups is 1. The Kier molecular flexibility index (Phi) is 4.89. The minimum atomic E-state index is -0.513. The molecular formula is C19H20N2O3. The molecule has 0 heterocycles. The van der Waals surface area contributed by atoms with Crippen molar-refractivity contribution in [2.75, 3.05) is 0 Å². The maximum absolute atomic E-state index is 12.4. The smallest absolute Gasteiger partial charge is 0.282 e. The predicted octanol–water partition coefficient (Wildman–Crippen LogP) is 4.05. The maximum atomic E-state index is 12.4. The summed E-state index contributed by atoms with van der Waals surface area (Å²) in [7, 11) is 0. The van der Waals surface area contributed by atoms with Crippen molar-refractivity contribution in [3.8, 4) is 0 Å². The summed E-state index contributed by atoms with van der Waals surface area (Å²) in [6.45, 7) is 0. The lowest BCUT2D eigenvalue weighted by atomic mass is 9.81. The van der Waals surface area contributed by atoms with E-state index in [1.807, 2.05) is 6.07 Å². The summed E-state index contributed by atoms with van der Waals surface area (Å²) in [6, 6.07) is 16.6. The maximum Gasteiger partial charge on any atom is 0.282 e. The van der Waals surface area contributed by atoms with E-state index in [1.54, 1.807) is 12.1 Å². The topological polar surface area (TPSA) is 72.2 Å². The molecule has 1 aliphatic carbocycles. The van der Waals surface area contributed by atoms with Gasteiger partial charge in [0.05, 0.1) is 4.92 Å². The zero-order valence-corrected chi connectivity index (χ0v) is 13.4. The third kappa shape index (κ3) is 3.62. The Hall–Kier alpha value is -2.69. The van der Waals surface area contributed by atoms with Crippen LogP contribution in [0.5, 0.6) is 0 Å². The number of nitro benzene ring substituents is 1. The number of nitro groups is 1. The number of nitrogens with zero attached hydrogens (tertiary/aromatic N) is 1. The van der Waals surface area contributed by atoms with Crippen LogP contribution in [0.15, 0.2) is 54.6 Å². The van der Waals surface area contributed by atoms with Crippen LogP contribution >= 0.6 is 0 Å². The van der Waals surface area contributed by atoms with Gasteiger partial charge < -0.3 is 5.32 Å². The van der Waals surface area contributed by atoms with Crippen molar-refractivity contribution in [2.45, 2.75) is 37.6 Å². The number of rotatable bonds is 4. The fourth-order valence-corrected chi connectivity index (χ4v) is 3.38. The van der Waals surface area contributed by atoms with Gasteiger partial charge in [-0.25, -0.2) is 0 Å². The van der Waals surface area contributed by atoms with Crippen molar-refractivity contribution in [3.63, 3.8) is 0 Å². The van der Waals surface area contributed by atoms with Crippen LogP contribution in [0.2, 0.25) is 0 Å². The fourth-order valence-electron chi connectivity index (χ4n) is 3.38. The first-order valence-electron chi connectivity index (χ1n) is 8.24. The highest BCUT2D eigenvalue weighted by Crippen LogP contribution is 2.33. The second-order valence-electron chi connectivity index (χ2n) is 6.21. The molecule has 1 N–H and O–H groups in total. The Morgan fingerprint density at radius 2 is 1.58 bits per heavy atom. The average molecular weight is 324 g/mol. The number of hydrogen-bond donors (Lipinski definition) is 1. The van der Waals surface area contributed by atoms with E-state index in [-0.39, 0.29) is 23.2 Å². The Morgan fingerprint density at radius 1 is 0.958 bits per heavy atom. The first-order valence-corrected chi connectivity index (χ1v) is 8.24. The van der Waals surface area contributed by atoms with Gasteiger partial charge in [0.1, 0.15) is 5.56 Å². The van der Waals surface area contributed by atoms with Gasteiger partial charge in [0.2, 0.25) is 0 Å². The third-order valence-corrected chi connectivity index (χ3v) is 4.68. The Bertz CT molecular complexity index is 722. The molecule has 1 aliphatic rings. The quantitative estimate of drug-likeness (QED) is 0.681. The molecule has 1 saturated carbocycles.